The number of thioether (sulfide) groups is 1. The summed E-state index contributed by atoms with van der Waals surface area (Å²) >= 11 is 7.31. The van der Waals surface area contributed by atoms with Crippen molar-refractivity contribution in [2.24, 2.45) is 0 Å². The molecule has 5 heteroatoms. The number of halogens is 1. The average Bonchev–Trinajstić information content (AvgIpc) is 1.97. The molecule has 0 bridgehead atoms. The molecule has 2 heterocycles. The van der Waals surface area contributed by atoms with Crippen molar-refractivity contribution in [2.75, 3.05) is 13.2 Å². The van der Waals surface area contributed by atoms with Crippen molar-refractivity contribution in [1.29, 1.82) is 0 Å². The number of hydrogen-bond acceptors (Lipinski definition) is 4. The van der Waals surface area contributed by atoms with E-state index in [0.29, 0.717) is 10.5 Å². The van der Waals surface area contributed by atoms with Crippen LogP contribution in [0.15, 0.2) is 17.3 Å². The van der Waals surface area contributed by atoms with Gasteiger partial charge in [-0.1, -0.05) is 11.8 Å². The Morgan fingerprint density at radius 2 is 2.42 bits per heavy atom. The van der Waals surface area contributed by atoms with Crippen LogP contribution in [-0.4, -0.2) is 28.4 Å². The molecule has 0 aromatic carbocycles. The smallest absolute Gasteiger partial charge is 0.223 e. The van der Waals surface area contributed by atoms with E-state index < -0.39 is 0 Å². The van der Waals surface area contributed by atoms with E-state index >= 15 is 0 Å². The van der Waals surface area contributed by atoms with Crippen molar-refractivity contribution < 1.29 is 4.74 Å². The van der Waals surface area contributed by atoms with Crippen molar-refractivity contribution >= 4 is 23.4 Å². The van der Waals surface area contributed by atoms with Gasteiger partial charge < -0.3 is 4.74 Å². The number of ether oxygens (including phenoxy) is 1. The second-order valence-electron chi connectivity index (χ2n) is 2.44. The highest BCUT2D eigenvalue weighted by Crippen LogP contribution is 2.26. The minimum Gasteiger partial charge on any atom is -0.379 e. The third-order valence-corrected chi connectivity index (χ3v) is 2.75. The molecule has 1 saturated heterocycles. The van der Waals surface area contributed by atoms with Crippen LogP contribution in [0.1, 0.15) is 0 Å². The highest BCUT2D eigenvalue weighted by molar-refractivity contribution is 8.00. The molecule has 1 aliphatic heterocycles. The van der Waals surface area contributed by atoms with Crippen LogP contribution in [0.25, 0.3) is 0 Å². The Kier molecular flexibility index (Phi) is 2.48. The lowest BCUT2D eigenvalue weighted by molar-refractivity contribution is 0.0454. The van der Waals surface area contributed by atoms with Crippen molar-refractivity contribution in [1.82, 2.24) is 9.97 Å². The Morgan fingerprint density at radius 3 is 3.00 bits per heavy atom. The first kappa shape index (κ1) is 8.29. The zero-order valence-corrected chi connectivity index (χ0v) is 7.81. The van der Waals surface area contributed by atoms with Gasteiger partial charge in [0.25, 0.3) is 0 Å². The molecule has 0 N–H and O–H groups in total. The van der Waals surface area contributed by atoms with E-state index in [9.17, 15) is 0 Å². The average molecular weight is 203 g/mol. The highest BCUT2D eigenvalue weighted by Gasteiger charge is 2.19. The Bertz CT molecular complexity index is 280. The second-order valence-corrected chi connectivity index (χ2v) is 4.10. The largest absolute Gasteiger partial charge is 0.379 e. The summed E-state index contributed by atoms with van der Waals surface area (Å²) in [7, 11) is 0. The first-order chi connectivity index (χ1) is 5.84. The predicted molar refractivity (Wildman–Crippen MR) is 47.5 cm³/mol. The lowest BCUT2D eigenvalue weighted by Gasteiger charge is -2.24. The van der Waals surface area contributed by atoms with E-state index in [2.05, 4.69) is 9.97 Å². The van der Waals surface area contributed by atoms with E-state index in [-0.39, 0.29) is 0 Å². The zero-order valence-electron chi connectivity index (χ0n) is 6.24. The maximum absolute atomic E-state index is 5.62. The summed E-state index contributed by atoms with van der Waals surface area (Å²) in [5.74, 6) is 0. The summed E-state index contributed by atoms with van der Waals surface area (Å²) in [6, 6.07) is 1.86. The fourth-order valence-corrected chi connectivity index (χ4v) is 1.98. The predicted octanol–water partition coefficient (Wildman–Crippen LogP) is 1.62. The number of rotatable bonds is 2. The molecule has 3 nitrogen and oxygen atoms in total. The van der Waals surface area contributed by atoms with Gasteiger partial charge in [0.2, 0.25) is 5.28 Å². The molecule has 1 aromatic heterocycles. The van der Waals surface area contributed by atoms with Crippen molar-refractivity contribution in [3.63, 3.8) is 0 Å². The maximum Gasteiger partial charge on any atom is 0.223 e. The Morgan fingerprint density at radius 1 is 1.58 bits per heavy atom. The molecule has 1 aromatic rings. The second kappa shape index (κ2) is 3.60. The summed E-state index contributed by atoms with van der Waals surface area (Å²) in [6.45, 7) is 1.62. The topological polar surface area (TPSA) is 35.0 Å². The lowest BCUT2D eigenvalue weighted by Crippen LogP contribution is -2.30. The molecule has 64 valence electrons. The van der Waals surface area contributed by atoms with Gasteiger partial charge in [-0.2, -0.15) is 0 Å². The van der Waals surface area contributed by atoms with E-state index in [0.717, 1.165) is 18.2 Å². The third-order valence-electron chi connectivity index (χ3n) is 1.50. The molecule has 0 unspecified atom stereocenters. The maximum atomic E-state index is 5.62. The summed E-state index contributed by atoms with van der Waals surface area (Å²) in [6.07, 6.45) is 1.66. The summed E-state index contributed by atoms with van der Waals surface area (Å²) in [4.78, 5) is 7.86. The van der Waals surface area contributed by atoms with Gasteiger partial charge in [0, 0.05) is 6.20 Å². The van der Waals surface area contributed by atoms with Crippen LogP contribution in [0, 0.1) is 0 Å². The van der Waals surface area contributed by atoms with E-state index in [1.54, 1.807) is 18.0 Å². The SMILES string of the molecule is Clc1nccc(SC2COC2)n1. The van der Waals surface area contributed by atoms with Crippen LogP contribution in [-0.2, 0) is 4.74 Å². The van der Waals surface area contributed by atoms with Gasteiger partial charge in [-0.3, -0.25) is 0 Å². The molecule has 0 amide bonds. The molecule has 12 heavy (non-hydrogen) atoms. The standard InChI is InChI=1S/C7H7ClN2OS/c8-7-9-2-1-6(10-7)12-5-3-11-4-5/h1-2,5H,3-4H2. The van der Waals surface area contributed by atoms with E-state index in [4.69, 9.17) is 16.3 Å². The van der Waals surface area contributed by atoms with Gasteiger partial charge in [-0.15, -0.1) is 0 Å². The van der Waals surface area contributed by atoms with Crippen LogP contribution < -0.4 is 0 Å². The Labute approximate surface area is 79.5 Å². The highest BCUT2D eigenvalue weighted by atomic mass is 35.5. The van der Waals surface area contributed by atoms with Gasteiger partial charge in [0.15, 0.2) is 0 Å². The molecule has 1 aliphatic rings. The monoisotopic (exact) mass is 202 g/mol. The lowest BCUT2D eigenvalue weighted by atomic mass is 10.4. The van der Waals surface area contributed by atoms with Crippen molar-refractivity contribution in [3.8, 4) is 0 Å². The fourth-order valence-electron chi connectivity index (χ4n) is 0.838. The van der Waals surface area contributed by atoms with Crippen LogP contribution in [0.5, 0.6) is 0 Å². The third kappa shape index (κ3) is 1.88. The van der Waals surface area contributed by atoms with Crippen molar-refractivity contribution in [3.05, 3.63) is 17.5 Å². The molecule has 1 fully saturated rings. The van der Waals surface area contributed by atoms with Gasteiger partial charge >= 0.3 is 0 Å². The molecule has 2 rings (SSSR count). The minimum absolute atomic E-state index is 0.306. The van der Waals surface area contributed by atoms with Crippen LogP contribution >= 0.6 is 23.4 Å². The van der Waals surface area contributed by atoms with Crippen molar-refractivity contribution in [2.45, 2.75) is 10.3 Å². The Balaban J connectivity index is 2.02. The Hall–Kier alpha value is -0.320. The molecule has 0 aliphatic carbocycles. The summed E-state index contributed by atoms with van der Waals surface area (Å²) in [5.41, 5.74) is 0. The summed E-state index contributed by atoms with van der Waals surface area (Å²) < 4.78 is 5.04. The van der Waals surface area contributed by atoms with Gasteiger partial charge in [0.05, 0.1) is 18.5 Å². The van der Waals surface area contributed by atoms with E-state index in [1.807, 2.05) is 6.07 Å². The summed E-state index contributed by atoms with van der Waals surface area (Å²) in [5, 5.41) is 1.76. The van der Waals surface area contributed by atoms with Gasteiger partial charge in [0.1, 0.15) is 5.03 Å². The van der Waals surface area contributed by atoms with E-state index in [1.165, 1.54) is 0 Å². The first-order valence-corrected chi connectivity index (χ1v) is 4.83. The molecule has 0 spiro atoms. The molecule has 0 saturated carbocycles. The number of nitrogens with zero attached hydrogens (tertiary/aromatic N) is 2. The number of aromatic nitrogens is 2. The molecular formula is C7H7ClN2OS. The normalized spacial score (nSPS) is 17.4. The molecular weight excluding hydrogens is 196 g/mol. The van der Waals surface area contributed by atoms with Crippen LogP contribution in [0.4, 0.5) is 0 Å². The minimum atomic E-state index is 0.306. The van der Waals surface area contributed by atoms with Crippen LogP contribution in [0.2, 0.25) is 5.28 Å². The zero-order chi connectivity index (χ0) is 8.39. The van der Waals surface area contributed by atoms with Gasteiger partial charge in [-0.25, -0.2) is 9.97 Å². The van der Waals surface area contributed by atoms with Crippen LogP contribution in [0.3, 0.4) is 0 Å². The van der Waals surface area contributed by atoms with Gasteiger partial charge in [-0.05, 0) is 17.7 Å². The molecule has 0 radical (unpaired) electrons. The quantitative estimate of drug-likeness (QED) is 0.539. The molecule has 0 atom stereocenters. The first-order valence-electron chi connectivity index (χ1n) is 3.57. The fraction of sp³-hybridized carbons (Fsp3) is 0.429. The number of hydrogen-bond donors (Lipinski definition) is 0.